The predicted molar refractivity (Wildman–Crippen MR) is 130 cm³/mol. The van der Waals surface area contributed by atoms with Gasteiger partial charge in [-0.2, -0.15) is 0 Å². The van der Waals surface area contributed by atoms with Gasteiger partial charge in [-0.25, -0.2) is 4.39 Å². The largest absolute Gasteiger partial charge is 0.481 e. The first-order valence-electron chi connectivity index (χ1n) is 12.3. The first-order valence-corrected chi connectivity index (χ1v) is 12.3. The molecule has 0 saturated heterocycles. The molecule has 34 heavy (non-hydrogen) atoms. The summed E-state index contributed by atoms with van der Waals surface area (Å²) < 4.78 is 19.8. The minimum atomic E-state index is -0.572. The SMILES string of the molecule is CCC(Oc1ccc2c(c1)C(c1ccc(F)cc1)N(C(=O)C(C)(C)C)CC2)C(=O)NCC1CC1. The Hall–Kier alpha value is -2.89. The van der Waals surface area contributed by atoms with Crippen LogP contribution < -0.4 is 10.1 Å². The van der Waals surface area contributed by atoms with Crippen LogP contribution in [0.4, 0.5) is 4.39 Å². The quantitative estimate of drug-likeness (QED) is 0.623. The van der Waals surface area contributed by atoms with Gasteiger partial charge in [0.1, 0.15) is 11.6 Å². The second-order valence-corrected chi connectivity index (χ2v) is 10.5. The average Bonchev–Trinajstić information content (AvgIpc) is 3.64. The number of nitrogens with one attached hydrogen (secondary N) is 1. The highest BCUT2D eigenvalue weighted by Crippen LogP contribution is 2.39. The number of carbonyl (C=O) groups is 2. The van der Waals surface area contributed by atoms with Crippen LogP contribution in [0.25, 0.3) is 0 Å². The Labute approximate surface area is 201 Å². The van der Waals surface area contributed by atoms with Crippen molar-refractivity contribution >= 4 is 11.8 Å². The lowest BCUT2D eigenvalue weighted by Gasteiger charge is -2.41. The maximum absolute atomic E-state index is 13.7. The van der Waals surface area contributed by atoms with Gasteiger partial charge in [-0.3, -0.25) is 9.59 Å². The van der Waals surface area contributed by atoms with Crippen molar-refractivity contribution in [2.75, 3.05) is 13.1 Å². The molecule has 2 atom stereocenters. The fourth-order valence-corrected chi connectivity index (χ4v) is 4.49. The van der Waals surface area contributed by atoms with E-state index in [-0.39, 0.29) is 23.7 Å². The summed E-state index contributed by atoms with van der Waals surface area (Å²) >= 11 is 0. The molecular weight excluding hydrogens is 431 g/mol. The van der Waals surface area contributed by atoms with Crippen LogP contribution in [0, 0.1) is 17.2 Å². The maximum atomic E-state index is 13.7. The lowest BCUT2D eigenvalue weighted by molar-refractivity contribution is -0.141. The van der Waals surface area contributed by atoms with Crippen molar-refractivity contribution in [3.63, 3.8) is 0 Å². The molecule has 0 bridgehead atoms. The van der Waals surface area contributed by atoms with Gasteiger partial charge < -0.3 is 15.0 Å². The van der Waals surface area contributed by atoms with E-state index in [2.05, 4.69) is 5.32 Å². The molecule has 1 aliphatic carbocycles. The lowest BCUT2D eigenvalue weighted by atomic mass is 9.85. The van der Waals surface area contributed by atoms with Crippen LogP contribution in [0.5, 0.6) is 5.75 Å². The highest BCUT2D eigenvalue weighted by Gasteiger charge is 2.37. The van der Waals surface area contributed by atoms with Gasteiger partial charge in [0.05, 0.1) is 6.04 Å². The summed E-state index contributed by atoms with van der Waals surface area (Å²) in [5.74, 6) is 0.849. The molecule has 2 aromatic rings. The summed E-state index contributed by atoms with van der Waals surface area (Å²) in [5.41, 5.74) is 2.40. The van der Waals surface area contributed by atoms with Crippen LogP contribution >= 0.6 is 0 Å². The number of fused-ring (bicyclic) bond motifs is 1. The zero-order valence-electron chi connectivity index (χ0n) is 20.6. The van der Waals surface area contributed by atoms with Crippen LogP contribution in [-0.2, 0) is 16.0 Å². The first kappa shape index (κ1) is 24.2. The smallest absolute Gasteiger partial charge is 0.261 e. The second kappa shape index (κ2) is 9.77. The van der Waals surface area contributed by atoms with E-state index < -0.39 is 11.5 Å². The Morgan fingerprint density at radius 2 is 1.85 bits per heavy atom. The van der Waals surface area contributed by atoms with E-state index >= 15 is 0 Å². The number of halogens is 1. The van der Waals surface area contributed by atoms with Crippen LogP contribution in [0.15, 0.2) is 42.5 Å². The highest BCUT2D eigenvalue weighted by molar-refractivity contribution is 5.83. The van der Waals surface area contributed by atoms with Gasteiger partial charge in [0.2, 0.25) is 5.91 Å². The number of ether oxygens (including phenoxy) is 1. The molecule has 2 amide bonds. The third-order valence-electron chi connectivity index (χ3n) is 6.64. The maximum Gasteiger partial charge on any atom is 0.261 e. The molecule has 2 aromatic carbocycles. The number of benzene rings is 2. The van der Waals surface area contributed by atoms with Crippen molar-refractivity contribution in [2.45, 2.75) is 65.5 Å². The fraction of sp³-hybridized carbons (Fsp3) is 0.500. The van der Waals surface area contributed by atoms with E-state index in [1.165, 1.54) is 25.0 Å². The molecule has 6 heteroatoms. The lowest BCUT2D eigenvalue weighted by Crippen LogP contribution is -2.45. The van der Waals surface area contributed by atoms with Gasteiger partial charge in [-0.1, -0.05) is 45.9 Å². The topological polar surface area (TPSA) is 58.6 Å². The number of carbonyl (C=O) groups excluding carboxylic acids is 2. The van der Waals surface area contributed by atoms with Crippen LogP contribution in [-0.4, -0.2) is 35.9 Å². The molecule has 1 saturated carbocycles. The molecule has 5 nitrogen and oxygen atoms in total. The van der Waals surface area contributed by atoms with Crippen LogP contribution in [0.1, 0.15) is 69.7 Å². The number of rotatable bonds is 7. The fourth-order valence-electron chi connectivity index (χ4n) is 4.49. The van der Waals surface area contributed by atoms with E-state index in [0.717, 1.165) is 23.1 Å². The van der Waals surface area contributed by atoms with Crippen molar-refractivity contribution < 1.29 is 18.7 Å². The Kier molecular flexibility index (Phi) is 6.96. The highest BCUT2D eigenvalue weighted by atomic mass is 19.1. The van der Waals surface area contributed by atoms with Crippen LogP contribution in [0.2, 0.25) is 0 Å². The molecule has 182 valence electrons. The molecule has 0 radical (unpaired) electrons. The van der Waals surface area contributed by atoms with Gasteiger partial charge in [0.25, 0.3) is 5.91 Å². The van der Waals surface area contributed by atoms with Gasteiger partial charge in [0.15, 0.2) is 6.10 Å². The number of hydrogen-bond donors (Lipinski definition) is 1. The van der Waals surface area contributed by atoms with Crippen molar-refractivity contribution in [1.29, 1.82) is 0 Å². The summed E-state index contributed by atoms with van der Waals surface area (Å²) in [6.07, 6.45) is 3.07. The Bertz CT molecular complexity index is 1040. The first-order chi connectivity index (χ1) is 16.2. The normalized spacial score (nSPS) is 18.7. The Morgan fingerprint density at radius 1 is 1.15 bits per heavy atom. The predicted octanol–water partition coefficient (Wildman–Crippen LogP) is 5.03. The third kappa shape index (κ3) is 5.43. The van der Waals surface area contributed by atoms with Gasteiger partial charge >= 0.3 is 0 Å². The van der Waals surface area contributed by atoms with E-state index in [1.54, 1.807) is 12.1 Å². The molecule has 0 aromatic heterocycles. The van der Waals surface area contributed by atoms with E-state index in [9.17, 15) is 14.0 Å². The van der Waals surface area contributed by atoms with E-state index in [0.29, 0.717) is 31.2 Å². The molecule has 1 aliphatic heterocycles. The monoisotopic (exact) mass is 466 g/mol. The molecule has 4 rings (SSSR count). The number of hydrogen-bond acceptors (Lipinski definition) is 3. The summed E-state index contributed by atoms with van der Waals surface area (Å²) in [6.45, 7) is 8.98. The van der Waals surface area contributed by atoms with Crippen molar-refractivity contribution in [3.05, 3.63) is 65.0 Å². The van der Waals surface area contributed by atoms with Crippen molar-refractivity contribution in [2.24, 2.45) is 11.3 Å². The summed E-state index contributed by atoms with van der Waals surface area (Å²) in [4.78, 5) is 27.9. The molecule has 2 unspecified atom stereocenters. The molecule has 0 spiro atoms. The zero-order valence-corrected chi connectivity index (χ0v) is 20.6. The summed E-state index contributed by atoms with van der Waals surface area (Å²) in [6, 6.07) is 11.9. The molecular formula is C28H35FN2O3. The van der Waals surface area contributed by atoms with Crippen molar-refractivity contribution in [1.82, 2.24) is 10.2 Å². The van der Waals surface area contributed by atoms with Gasteiger partial charge in [-0.05, 0) is 72.6 Å². The van der Waals surface area contributed by atoms with Crippen LogP contribution in [0.3, 0.4) is 0 Å². The Morgan fingerprint density at radius 3 is 2.47 bits per heavy atom. The summed E-state index contributed by atoms with van der Waals surface area (Å²) in [5, 5.41) is 3.00. The Balaban J connectivity index is 1.65. The number of nitrogens with zero attached hydrogens (tertiary/aromatic N) is 1. The molecule has 2 aliphatic rings. The van der Waals surface area contributed by atoms with Crippen molar-refractivity contribution in [3.8, 4) is 5.75 Å². The summed E-state index contributed by atoms with van der Waals surface area (Å²) in [7, 11) is 0. The van der Waals surface area contributed by atoms with Gasteiger partial charge in [0, 0.05) is 18.5 Å². The van der Waals surface area contributed by atoms with Gasteiger partial charge in [-0.15, -0.1) is 0 Å². The third-order valence-corrected chi connectivity index (χ3v) is 6.64. The minimum Gasteiger partial charge on any atom is -0.481 e. The molecule has 1 fully saturated rings. The molecule has 1 heterocycles. The molecule has 1 N–H and O–H groups in total. The second-order valence-electron chi connectivity index (χ2n) is 10.5. The zero-order chi connectivity index (χ0) is 24.5. The van der Waals surface area contributed by atoms with E-state index in [4.69, 9.17) is 4.74 Å². The number of amides is 2. The average molecular weight is 467 g/mol. The standard InChI is InChI=1S/C28H35FN2O3/c1-5-24(26(32)30-17-18-6-7-18)34-22-13-10-19-14-15-31(27(33)28(2,3)4)25(23(19)16-22)20-8-11-21(29)12-9-20/h8-13,16,18,24-25H,5-7,14-15,17H2,1-4H3,(H,30,32). The minimum absolute atomic E-state index is 0.0460. The van der Waals surface area contributed by atoms with E-state index in [1.807, 2.05) is 50.8 Å².